The summed E-state index contributed by atoms with van der Waals surface area (Å²) in [7, 11) is 0. The van der Waals surface area contributed by atoms with Crippen molar-refractivity contribution in [2.75, 3.05) is 0 Å². The van der Waals surface area contributed by atoms with Crippen molar-refractivity contribution < 1.29 is 10.2 Å². The summed E-state index contributed by atoms with van der Waals surface area (Å²) in [4.78, 5) is 0. The molecular formula is C22H19BrO2. The number of aliphatic hydroxyl groups is 2. The van der Waals surface area contributed by atoms with Crippen molar-refractivity contribution in [3.05, 3.63) is 106 Å². The van der Waals surface area contributed by atoms with Gasteiger partial charge in [-0.2, -0.15) is 0 Å². The lowest BCUT2D eigenvalue weighted by Crippen LogP contribution is -2.35. The van der Waals surface area contributed by atoms with Gasteiger partial charge in [0.25, 0.3) is 0 Å². The number of benzene rings is 3. The third kappa shape index (κ3) is 2.38. The van der Waals surface area contributed by atoms with Crippen molar-refractivity contribution in [1.82, 2.24) is 0 Å². The van der Waals surface area contributed by atoms with E-state index in [1.807, 2.05) is 60.7 Å². The molecule has 126 valence electrons. The average Bonchev–Trinajstić information content (AvgIpc) is 3.37. The van der Waals surface area contributed by atoms with Gasteiger partial charge in [0.15, 0.2) is 6.29 Å². The molecule has 3 heteroatoms. The van der Waals surface area contributed by atoms with E-state index in [-0.39, 0.29) is 0 Å². The van der Waals surface area contributed by atoms with E-state index in [4.69, 9.17) is 0 Å². The molecule has 0 unspecified atom stereocenters. The molecule has 0 heterocycles. The Morgan fingerprint density at radius 1 is 0.680 bits per heavy atom. The van der Waals surface area contributed by atoms with Crippen LogP contribution >= 0.6 is 15.9 Å². The molecule has 0 spiro atoms. The molecular weight excluding hydrogens is 376 g/mol. The van der Waals surface area contributed by atoms with Crippen LogP contribution in [-0.4, -0.2) is 16.5 Å². The molecule has 1 aliphatic carbocycles. The molecule has 0 bridgehead atoms. The van der Waals surface area contributed by atoms with Crippen LogP contribution in [-0.2, 0) is 10.8 Å². The first-order valence-corrected chi connectivity index (χ1v) is 9.14. The maximum atomic E-state index is 10.5. The normalized spacial score (nSPS) is 21.3. The Balaban J connectivity index is 1.95. The van der Waals surface area contributed by atoms with Crippen molar-refractivity contribution in [2.24, 2.45) is 0 Å². The van der Waals surface area contributed by atoms with E-state index < -0.39 is 17.1 Å². The highest BCUT2D eigenvalue weighted by Gasteiger charge is 2.73. The standard InChI is InChI=1S/C22H19BrO2/c23-19-13-11-18(12-14-19)22(20(24)25)15-21(22,16-7-3-1-4-8-16)17-9-5-2-6-10-17/h1-14,20,24-25H,15H2/t22-/m1/s1. The molecule has 2 N–H and O–H groups in total. The minimum atomic E-state index is -1.45. The van der Waals surface area contributed by atoms with Gasteiger partial charge in [-0.1, -0.05) is 88.7 Å². The molecule has 1 atom stereocenters. The van der Waals surface area contributed by atoms with Crippen LogP contribution < -0.4 is 0 Å². The summed E-state index contributed by atoms with van der Waals surface area (Å²) in [5.74, 6) is 0. The second-order valence-corrected chi connectivity index (χ2v) is 7.58. The summed E-state index contributed by atoms with van der Waals surface area (Å²) >= 11 is 3.46. The number of halogens is 1. The molecule has 0 saturated heterocycles. The predicted molar refractivity (Wildman–Crippen MR) is 102 cm³/mol. The molecule has 2 nitrogen and oxygen atoms in total. The zero-order valence-corrected chi connectivity index (χ0v) is 15.2. The Morgan fingerprint density at radius 2 is 1.16 bits per heavy atom. The Hall–Kier alpha value is -1.94. The van der Waals surface area contributed by atoms with Gasteiger partial charge in [0, 0.05) is 9.89 Å². The molecule has 3 aromatic rings. The molecule has 0 aliphatic heterocycles. The Bertz CT molecular complexity index is 820. The van der Waals surface area contributed by atoms with Crippen LogP contribution in [0.4, 0.5) is 0 Å². The van der Waals surface area contributed by atoms with Gasteiger partial charge >= 0.3 is 0 Å². The summed E-state index contributed by atoms with van der Waals surface area (Å²) in [6.45, 7) is 0. The van der Waals surface area contributed by atoms with Crippen molar-refractivity contribution in [1.29, 1.82) is 0 Å². The quantitative estimate of drug-likeness (QED) is 0.644. The zero-order valence-electron chi connectivity index (χ0n) is 13.6. The van der Waals surface area contributed by atoms with Gasteiger partial charge in [0.2, 0.25) is 0 Å². The largest absolute Gasteiger partial charge is 0.367 e. The summed E-state index contributed by atoms with van der Waals surface area (Å²) in [6.07, 6.45) is -0.790. The van der Waals surface area contributed by atoms with E-state index in [0.717, 1.165) is 21.2 Å². The van der Waals surface area contributed by atoms with Crippen LogP contribution in [0, 0.1) is 0 Å². The second kappa shape index (κ2) is 6.10. The number of rotatable bonds is 4. The zero-order chi connectivity index (χ0) is 17.5. The maximum absolute atomic E-state index is 10.5. The first-order chi connectivity index (χ1) is 12.1. The van der Waals surface area contributed by atoms with Crippen LogP contribution in [0.1, 0.15) is 23.1 Å². The minimum absolute atomic E-state index is 0.447. The van der Waals surface area contributed by atoms with Crippen LogP contribution in [0.5, 0.6) is 0 Å². The second-order valence-electron chi connectivity index (χ2n) is 6.67. The molecule has 0 radical (unpaired) electrons. The minimum Gasteiger partial charge on any atom is -0.367 e. The smallest absolute Gasteiger partial charge is 0.162 e. The van der Waals surface area contributed by atoms with Crippen LogP contribution in [0.2, 0.25) is 0 Å². The summed E-state index contributed by atoms with van der Waals surface area (Å²) in [5, 5.41) is 20.9. The van der Waals surface area contributed by atoms with E-state index >= 15 is 0 Å². The predicted octanol–water partition coefficient (Wildman–Crippen LogP) is 4.39. The molecule has 1 fully saturated rings. The lowest BCUT2D eigenvalue weighted by molar-refractivity contribution is -0.0742. The van der Waals surface area contributed by atoms with Crippen LogP contribution in [0.25, 0.3) is 0 Å². The Morgan fingerprint density at radius 3 is 1.60 bits per heavy atom. The van der Waals surface area contributed by atoms with E-state index in [1.165, 1.54) is 0 Å². The van der Waals surface area contributed by atoms with Gasteiger partial charge in [0.1, 0.15) is 0 Å². The lowest BCUT2D eigenvalue weighted by atomic mass is 9.76. The van der Waals surface area contributed by atoms with Crippen molar-refractivity contribution in [3.8, 4) is 0 Å². The van der Waals surface area contributed by atoms with Crippen LogP contribution in [0.15, 0.2) is 89.4 Å². The van der Waals surface area contributed by atoms with Gasteiger partial charge in [-0.25, -0.2) is 0 Å². The molecule has 4 rings (SSSR count). The molecule has 3 aromatic carbocycles. The summed E-state index contributed by atoms with van der Waals surface area (Å²) < 4.78 is 0.976. The fourth-order valence-electron chi connectivity index (χ4n) is 4.26. The van der Waals surface area contributed by atoms with Gasteiger partial charge in [-0.3, -0.25) is 0 Å². The average molecular weight is 395 g/mol. The fraction of sp³-hybridized carbons (Fsp3) is 0.182. The van der Waals surface area contributed by atoms with E-state index in [9.17, 15) is 10.2 Å². The topological polar surface area (TPSA) is 40.5 Å². The Labute approximate surface area is 155 Å². The monoisotopic (exact) mass is 394 g/mol. The van der Waals surface area contributed by atoms with E-state index in [0.29, 0.717) is 6.42 Å². The third-order valence-electron chi connectivity index (χ3n) is 5.51. The summed E-state index contributed by atoms with van der Waals surface area (Å²) in [6, 6.07) is 28.2. The molecule has 1 aliphatic rings. The van der Waals surface area contributed by atoms with Crippen LogP contribution in [0.3, 0.4) is 0 Å². The van der Waals surface area contributed by atoms with Gasteiger partial charge in [0.05, 0.1) is 5.41 Å². The molecule has 0 amide bonds. The van der Waals surface area contributed by atoms with Gasteiger partial charge in [-0.15, -0.1) is 0 Å². The number of hydrogen-bond donors (Lipinski definition) is 2. The number of hydrogen-bond acceptors (Lipinski definition) is 2. The highest BCUT2D eigenvalue weighted by atomic mass is 79.9. The fourth-order valence-corrected chi connectivity index (χ4v) is 4.53. The van der Waals surface area contributed by atoms with Crippen molar-refractivity contribution in [3.63, 3.8) is 0 Å². The van der Waals surface area contributed by atoms with Gasteiger partial charge < -0.3 is 10.2 Å². The molecule has 1 saturated carbocycles. The van der Waals surface area contributed by atoms with Crippen molar-refractivity contribution in [2.45, 2.75) is 23.5 Å². The molecule has 25 heavy (non-hydrogen) atoms. The molecule has 0 aromatic heterocycles. The van der Waals surface area contributed by atoms with Crippen molar-refractivity contribution >= 4 is 15.9 Å². The maximum Gasteiger partial charge on any atom is 0.162 e. The van der Waals surface area contributed by atoms with Gasteiger partial charge in [-0.05, 0) is 35.2 Å². The SMILES string of the molecule is OC(O)[C@]1(c2ccc(Br)cc2)CC1(c1ccccc1)c1ccccc1. The number of aliphatic hydroxyl groups excluding tert-OH is 1. The summed E-state index contributed by atoms with van der Waals surface area (Å²) in [5.41, 5.74) is 1.96. The highest BCUT2D eigenvalue weighted by molar-refractivity contribution is 9.10. The van der Waals surface area contributed by atoms with E-state index in [1.54, 1.807) is 0 Å². The highest BCUT2D eigenvalue weighted by Crippen LogP contribution is 2.70. The Kier molecular flexibility index (Phi) is 4.03. The third-order valence-corrected chi connectivity index (χ3v) is 6.04. The van der Waals surface area contributed by atoms with E-state index in [2.05, 4.69) is 40.2 Å². The first-order valence-electron chi connectivity index (χ1n) is 8.34. The lowest BCUT2D eigenvalue weighted by Gasteiger charge is -2.29. The first kappa shape index (κ1) is 16.5.